The van der Waals surface area contributed by atoms with E-state index in [1.54, 1.807) is 11.8 Å². The number of carbonyl (C=O) groups excluding carboxylic acids is 1. The SMILES string of the molecule is CC1CCN(C(=O)N2CCCC(C)(O)CC2)C1C(=O)O. The summed E-state index contributed by atoms with van der Waals surface area (Å²) in [5, 5.41) is 19.3. The van der Waals surface area contributed by atoms with Crippen LogP contribution in [0, 0.1) is 5.92 Å². The molecule has 6 nitrogen and oxygen atoms in total. The van der Waals surface area contributed by atoms with Crippen LogP contribution >= 0.6 is 0 Å². The van der Waals surface area contributed by atoms with Crippen LogP contribution in [0.4, 0.5) is 4.79 Å². The Kier molecular flexibility index (Phi) is 4.22. The number of hydrogen-bond donors (Lipinski definition) is 2. The first-order chi connectivity index (χ1) is 9.32. The highest BCUT2D eigenvalue weighted by molar-refractivity contribution is 5.83. The smallest absolute Gasteiger partial charge is 0.326 e. The predicted octanol–water partition coefficient (Wildman–Crippen LogP) is 1.14. The molecule has 114 valence electrons. The third-order valence-corrected chi connectivity index (χ3v) is 4.53. The van der Waals surface area contributed by atoms with Crippen LogP contribution in [0.5, 0.6) is 0 Å². The van der Waals surface area contributed by atoms with Gasteiger partial charge in [0.25, 0.3) is 0 Å². The summed E-state index contributed by atoms with van der Waals surface area (Å²) < 4.78 is 0. The molecular formula is C14H24N2O4. The van der Waals surface area contributed by atoms with Crippen LogP contribution in [0.15, 0.2) is 0 Å². The first-order valence-electron chi connectivity index (χ1n) is 7.32. The molecule has 0 aromatic rings. The summed E-state index contributed by atoms with van der Waals surface area (Å²) in [5.41, 5.74) is -0.723. The maximum atomic E-state index is 12.5. The number of likely N-dealkylation sites (tertiary alicyclic amines) is 2. The molecule has 2 amide bonds. The summed E-state index contributed by atoms with van der Waals surface area (Å²) in [4.78, 5) is 27.0. The van der Waals surface area contributed by atoms with E-state index in [-0.39, 0.29) is 11.9 Å². The highest BCUT2D eigenvalue weighted by Gasteiger charge is 2.41. The van der Waals surface area contributed by atoms with E-state index in [9.17, 15) is 19.8 Å². The molecule has 2 N–H and O–H groups in total. The molecule has 6 heteroatoms. The van der Waals surface area contributed by atoms with Gasteiger partial charge in [0, 0.05) is 19.6 Å². The Morgan fingerprint density at radius 2 is 1.90 bits per heavy atom. The molecular weight excluding hydrogens is 260 g/mol. The number of aliphatic carboxylic acids is 1. The summed E-state index contributed by atoms with van der Waals surface area (Å²) in [6, 6.07) is -0.911. The van der Waals surface area contributed by atoms with Crippen molar-refractivity contribution in [2.45, 2.75) is 51.2 Å². The van der Waals surface area contributed by atoms with E-state index < -0.39 is 17.6 Å². The zero-order valence-electron chi connectivity index (χ0n) is 12.2. The van der Waals surface area contributed by atoms with E-state index in [1.807, 2.05) is 6.92 Å². The minimum Gasteiger partial charge on any atom is -0.480 e. The molecule has 0 saturated carbocycles. The third kappa shape index (κ3) is 3.06. The van der Waals surface area contributed by atoms with Gasteiger partial charge in [-0.05, 0) is 38.5 Å². The summed E-state index contributed by atoms with van der Waals surface area (Å²) in [6.45, 7) is 5.25. The van der Waals surface area contributed by atoms with E-state index in [4.69, 9.17) is 0 Å². The first-order valence-corrected chi connectivity index (χ1v) is 7.32. The predicted molar refractivity (Wildman–Crippen MR) is 73.4 cm³/mol. The molecule has 2 fully saturated rings. The normalized spacial score (nSPS) is 35.0. The third-order valence-electron chi connectivity index (χ3n) is 4.53. The molecule has 2 rings (SSSR count). The highest BCUT2D eigenvalue weighted by Crippen LogP contribution is 2.27. The number of carboxylic acids is 1. The maximum Gasteiger partial charge on any atom is 0.326 e. The van der Waals surface area contributed by atoms with Gasteiger partial charge in [0.15, 0.2) is 0 Å². The van der Waals surface area contributed by atoms with Crippen molar-refractivity contribution in [1.82, 2.24) is 9.80 Å². The number of urea groups is 1. The number of hydrogen-bond acceptors (Lipinski definition) is 3. The van der Waals surface area contributed by atoms with Gasteiger partial charge in [0.05, 0.1) is 5.60 Å². The molecule has 3 atom stereocenters. The molecule has 0 spiro atoms. The van der Waals surface area contributed by atoms with E-state index >= 15 is 0 Å². The number of aliphatic hydroxyl groups is 1. The van der Waals surface area contributed by atoms with Crippen LogP contribution in [-0.2, 0) is 4.79 Å². The molecule has 2 saturated heterocycles. The Hall–Kier alpha value is -1.30. The number of amides is 2. The summed E-state index contributed by atoms with van der Waals surface area (Å²) >= 11 is 0. The van der Waals surface area contributed by atoms with Gasteiger partial charge in [-0.2, -0.15) is 0 Å². The van der Waals surface area contributed by atoms with Crippen LogP contribution in [0.2, 0.25) is 0 Å². The summed E-state index contributed by atoms with van der Waals surface area (Å²) in [7, 11) is 0. The number of rotatable bonds is 1. The molecule has 3 unspecified atom stereocenters. The lowest BCUT2D eigenvalue weighted by molar-refractivity contribution is -0.142. The van der Waals surface area contributed by atoms with Crippen LogP contribution in [-0.4, -0.2) is 63.3 Å². The molecule has 2 heterocycles. The van der Waals surface area contributed by atoms with Crippen molar-refractivity contribution in [3.8, 4) is 0 Å². The summed E-state index contributed by atoms with van der Waals surface area (Å²) in [6.07, 6.45) is 2.70. The fourth-order valence-electron chi connectivity index (χ4n) is 3.17. The Morgan fingerprint density at radius 3 is 2.55 bits per heavy atom. The second-order valence-corrected chi connectivity index (χ2v) is 6.36. The van der Waals surface area contributed by atoms with Crippen molar-refractivity contribution in [3.05, 3.63) is 0 Å². The number of carbonyl (C=O) groups is 2. The van der Waals surface area contributed by atoms with Crippen molar-refractivity contribution >= 4 is 12.0 Å². The Balaban J connectivity index is 2.05. The first kappa shape index (κ1) is 15.1. The molecule has 0 aromatic carbocycles. The van der Waals surface area contributed by atoms with Crippen LogP contribution in [0.25, 0.3) is 0 Å². The Labute approximate surface area is 119 Å². The molecule has 2 aliphatic heterocycles. The van der Waals surface area contributed by atoms with Crippen molar-refractivity contribution in [3.63, 3.8) is 0 Å². The monoisotopic (exact) mass is 284 g/mol. The largest absolute Gasteiger partial charge is 0.480 e. The molecule has 0 radical (unpaired) electrons. The van der Waals surface area contributed by atoms with Crippen molar-refractivity contribution in [2.24, 2.45) is 5.92 Å². The van der Waals surface area contributed by atoms with E-state index in [1.165, 1.54) is 4.90 Å². The maximum absolute atomic E-state index is 12.5. The van der Waals surface area contributed by atoms with E-state index in [0.29, 0.717) is 32.5 Å². The van der Waals surface area contributed by atoms with Crippen LogP contribution < -0.4 is 0 Å². The van der Waals surface area contributed by atoms with Crippen molar-refractivity contribution < 1.29 is 19.8 Å². The quantitative estimate of drug-likeness (QED) is 0.756. The number of carboxylic acid groups (broad SMARTS) is 1. The number of nitrogens with zero attached hydrogens (tertiary/aromatic N) is 2. The molecule has 0 aromatic heterocycles. The zero-order chi connectivity index (χ0) is 14.9. The summed E-state index contributed by atoms with van der Waals surface area (Å²) in [5.74, 6) is -0.934. The van der Waals surface area contributed by atoms with Gasteiger partial charge in [-0.15, -0.1) is 0 Å². The van der Waals surface area contributed by atoms with Gasteiger partial charge >= 0.3 is 12.0 Å². The second kappa shape index (κ2) is 5.60. The highest BCUT2D eigenvalue weighted by atomic mass is 16.4. The van der Waals surface area contributed by atoms with E-state index in [2.05, 4.69) is 0 Å². The van der Waals surface area contributed by atoms with Crippen LogP contribution in [0.3, 0.4) is 0 Å². The van der Waals surface area contributed by atoms with Crippen molar-refractivity contribution in [2.75, 3.05) is 19.6 Å². The fraction of sp³-hybridized carbons (Fsp3) is 0.857. The molecule has 0 bridgehead atoms. The van der Waals surface area contributed by atoms with Gasteiger partial charge in [-0.1, -0.05) is 6.92 Å². The van der Waals surface area contributed by atoms with E-state index in [0.717, 1.165) is 12.8 Å². The van der Waals surface area contributed by atoms with Gasteiger partial charge in [0.1, 0.15) is 6.04 Å². The average molecular weight is 284 g/mol. The molecule has 0 aliphatic carbocycles. The molecule has 20 heavy (non-hydrogen) atoms. The zero-order valence-corrected chi connectivity index (χ0v) is 12.2. The van der Waals surface area contributed by atoms with Gasteiger partial charge in [0.2, 0.25) is 0 Å². The topological polar surface area (TPSA) is 81.1 Å². The average Bonchev–Trinajstić information content (AvgIpc) is 2.64. The minimum atomic E-state index is -0.926. The van der Waals surface area contributed by atoms with Gasteiger partial charge in [-0.25, -0.2) is 9.59 Å². The second-order valence-electron chi connectivity index (χ2n) is 6.36. The lowest BCUT2D eigenvalue weighted by atomic mass is 9.98. The van der Waals surface area contributed by atoms with Gasteiger partial charge in [-0.3, -0.25) is 0 Å². The van der Waals surface area contributed by atoms with Crippen molar-refractivity contribution in [1.29, 1.82) is 0 Å². The Bertz CT molecular complexity index is 397. The molecule has 2 aliphatic rings. The lowest BCUT2D eigenvalue weighted by Gasteiger charge is -2.30. The Morgan fingerprint density at radius 1 is 1.20 bits per heavy atom. The van der Waals surface area contributed by atoms with Gasteiger partial charge < -0.3 is 20.0 Å². The fourth-order valence-corrected chi connectivity index (χ4v) is 3.17. The minimum absolute atomic E-state index is 0.00784. The van der Waals surface area contributed by atoms with Crippen LogP contribution in [0.1, 0.15) is 39.5 Å². The standard InChI is InChI=1S/C14H24N2O4/c1-10-4-8-16(11(10)12(17)18)13(19)15-7-3-5-14(2,20)6-9-15/h10-11,20H,3-9H2,1-2H3,(H,17,18). The lowest BCUT2D eigenvalue weighted by Crippen LogP contribution is -2.49.